The van der Waals surface area contributed by atoms with Gasteiger partial charge < -0.3 is 19.3 Å². The van der Waals surface area contributed by atoms with Crippen molar-refractivity contribution in [2.45, 2.75) is 38.5 Å². The number of carbonyl (C=O) groups is 2. The van der Waals surface area contributed by atoms with Crippen LogP contribution in [0.1, 0.15) is 61.1 Å². The summed E-state index contributed by atoms with van der Waals surface area (Å²) in [4.78, 5) is 31.8. The summed E-state index contributed by atoms with van der Waals surface area (Å²) in [6.07, 6.45) is 0.707. The molecule has 3 aliphatic heterocycles. The molecule has 0 unspecified atom stereocenters. The van der Waals surface area contributed by atoms with Crippen molar-refractivity contribution in [1.82, 2.24) is 0 Å². The highest BCUT2D eigenvalue weighted by atomic mass is 16.5. The van der Waals surface area contributed by atoms with Crippen molar-refractivity contribution >= 4 is 79.4 Å². The number of para-hydroxylation sites is 4. The first-order valence-electron chi connectivity index (χ1n) is 21.4. The van der Waals surface area contributed by atoms with Gasteiger partial charge in [-0.1, -0.05) is 137 Å². The molecule has 0 bridgehead atoms. The molecule has 6 heteroatoms. The number of carbonyl (C=O) groups excluding carboxylic acids is 2. The summed E-state index contributed by atoms with van der Waals surface area (Å²) < 4.78 is 12.1. The zero-order chi connectivity index (χ0) is 43.2. The van der Waals surface area contributed by atoms with E-state index in [1.807, 2.05) is 36.4 Å². The van der Waals surface area contributed by atoms with E-state index in [4.69, 9.17) is 9.47 Å². The molecular formula is C57H44N2O4. The molecule has 306 valence electrons. The fraction of sp³-hybridized carbons (Fsp3) is 0.123. The maximum absolute atomic E-state index is 14.0. The normalized spacial score (nSPS) is 16.6. The zero-order valence-corrected chi connectivity index (χ0v) is 35.8. The molecule has 0 spiro atoms. The van der Waals surface area contributed by atoms with E-state index in [0.29, 0.717) is 17.4 Å². The molecule has 0 atom stereocenters. The van der Waals surface area contributed by atoms with Gasteiger partial charge in [0, 0.05) is 33.3 Å². The van der Waals surface area contributed by atoms with Gasteiger partial charge in [-0.25, -0.2) is 4.79 Å². The molecule has 3 heterocycles. The highest BCUT2D eigenvalue weighted by Crippen LogP contribution is 2.56. The molecule has 0 fully saturated rings. The van der Waals surface area contributed by atoms with E-state index in [0.717, 1.165) is 55.7 Å². The van der Waals surface area contributed by atoms with Crippen LogP contribution in [0.4, 0.5) is 34.1 Å². The van der Waals surface area contributed by atoms with Gasteiger partial charge in [0.2, 0.25) is 0 Å². The Morgan fingerprint density at radius 3 is 1.57 bits per heavy atom. The Kier molecular flexibility index (Phi) is 8.61. The molecular weight excluding hydrogens is 777 g/mol. The summed E-state index contributed by atoms with van der Waals surface area (Å²) in [6, 6.07) is 58.8. The van der Waals surface area contributed by atoms with E-state index < -0.39 is 5.97 Å². The number of aldehydes is 1. The third kappa shape index (κ3) is 5.64. The zero-order valence-electron chi connectivity index (χ0n) is 35.8. The second-order valence-electron chi connectivity index (χ2n) is 17.6. The summed E-state index contributed by atoms with van der Waals surface area (Å²) in [5, 5.41) is 4.13. The highest BCUT2D eigenvalue weighted by Gasteiger charge is 2.41. The van der Waals surface area contributed by atoms with E-state index in [9.17, 15) is 9.59 Å². The van der Waals surface area contributed by atoms with Crippen LogP contribution in [0.15, 0.2) is 181 Å². The predicted octanol–water partition coefficient (Wildman–Crippen LogP) is 13.7. The summed E-state index contributed by atoms with van der Waals surface area (Å²) in [5.41, 5.74) is 12.5. The minimum absolute atomic E-state index is 0.103. The SMILES string of the molecule is CO/C(=C1/C(=O)OC(c2ccc3c4c(ccc3c2)N(c2ccccc2)c2ccccc2C4(C)C)=C1C=O)c1ccc2c3c(ccc2c1)N(c1ccccc1)c1ccccc1C3(C)C. The minimum atomic E-state index is -0.632. The number of methoxy groups -OCH3 is 1. The maximum atomic E-state index is 14.0. The maximum Gasteiger partial charge on any atom is 0.348 e. The summed E-state index contributed by atoms with van der Waals surface area (Å²) >= 11 is 0. The van der Waals surface area contributed by atoms with Gasteiger partial charge in [0.1, 0.15) is 17.1 Å². The van der Waals surface area contributed by atoms with Crippen molar-refractivity contribution in [3.63, 3.8) is 0 Å². The fourth-order valence-electron chi connectivity index (χ4n) is 10.6. The van der Waals surface area contributed by atoms with E-state index in [-0.39, 0.29) is 33.5 Å². The van der Waals surface area contributed by atoms with E-state index in [2.05, 4.69) is 171 Å². The van der Waals surface area contributed by atoms with Crippen LogP contribution in [0.3, 0.4) is 0 Å². The standard InChI is InChI=1S/C57H44N2O4/c1-56(2)44-20-12-14-22-46(44)58(39-16-8-6-9-17-39)48-30-26-35-32-37(24-28-41(35)51(48)56)53-43(34-60)50(55(61)63-53)54(62-5)38-25-29-42-36(33-38)27-31-49-52(42)57(3,4)45-21-13-15-23-47(45)59(49)40-18-10-7-11-19-40/h6-34H,1-5H3/b54-50+. The minimum Gasteiger partial charge on any atom is -0.495 e. The monoisotopic (exact) mass is 820 g/mol. The number of hydrogen-bond donors (Lipinski definition) is 0. The second kappa shape index (κ2) is 14.2. The van der Waals surface area contributed by atoms with Gasteiger partial charge in [0.15, 0.2) is 6.29 Å². The van der Waals surface area contributed by atoms with Crippen LogP contribution in [0, 0.1) is 0 Å². The van der Waals surface area contributed by atoms with E-state index >= 15 is 0 Å². The van der Waals surface area contributed by atoms with Crippen molar-refractivity contribution in [3.8, 4) is 0 Å². The number of anilines is 6. The number of hydrogen-bond acceptors (Lipinski definition) is 6. The molecule has 3 aliphatic rings. The first-order chi connectivity index (χ1) is 30.6. The number of ether oxygens (including phenoxy) is 2. The molecule has 6 nitrogen and oxygen atoms in total. The van der Waals surface area contributed by atoms with E-state index in [1.165, 1.54) is 29.4 Å². The molecule has 8 aromatic carbocycles. The first kappa shape index (κ1) is 38.2. The molecule has 0 aliphatic carbocycles. The lowest BCUT2D eigenvalue weighted by Gasteiger charge is -2.42. The lowest BCUT2D eigenvalue weighted by Crippen LogP contribution is -2.30. The molecule has 0 amide bonds. The fourth-order valence-corrected chi connectivity index (χ4v) is 10.6. The summed E-state index contributed by atoms with van der Waals surface area (Å²) in [7, 11) is 1.53. The number of benzene rings is 8. The molecule has 11 rings (SSSR count). The van der Waals surface area contributed by atoms with Gasteiger partial charge >= 0.3 is 5.97 Å². The Morgan fingerprint density at radius 1 is 0.556 bits per heavy atom. The number of rotatable bonds is 6. The third-order valence-electron chi connectivity index (χ3n) is 13.4. The van der Waals surface area contributed by atoms with Crippen molar-refractivity contribution in [2.24, 2.45) is 0 Å². The third-order valence-corrected chi connectivity index (χ3v) is 13.4. The second-order valence-corrected chi connectivity index (χ2v) is 17.6. The first-order valence-corrected chi connectivity index (χ1v) is 21.4. The van der Waals surface area contributed by atoms with Gasteiger partial charge in [-0.2, -0.15) is 0 Å². The quantitative estimate of drug-likeness (QED) is 0.0721. The van der Waals surface area contributed by atoms with Crippen LogP contribution < -0.4 is 9.80 Å². The molecule has 63 heavy (non-hydrogen) atoms. The van der Waals surface area contributed by atoms with Crippen molar-refractivity contribution in [3.05, 3.63) is 214 Å². The molecule has 0 radical (unpaired) electrons. The Balaban J connectivity index is 1.02. The average Bonchev–Trinajstić information content (AvgIpc) is 3.64. The number of esters is 1. The Bertz CT molecular complexity index is 3290. The number of nitrogens with zero attached hydrogens (tertiary/aromatic N) is 2. The number of cyclic esters (lactones) is 1. The van der Waals surface area contributed by atoms with Crippen LogP contribution >= 0.6 is 0 Å². The van der Waals surface area contributed by atoms with Gasteiger partial charge in [-0.15, -0.1) is 0 Å². The predicted molar refractivity (Wildman–Crippen MR) is 255 cm³/mol. The molecule has 0 saturated carbocycles. The largest absolute Gasteiger partial charge is 0.495 e. The van der Waals surface area contributed by atoms with Crippen LogP contribution in [0.5, 0.6) is 0 Å². The molecule has 0 aromatic heterocycles. The Hall–Kier alpha value is -7.70. The molecule has 0 saturated heterocycles. The van der Waals surface area contributed by atoms with Crippen molar-refractivity contribution in [2.75, 3.05) is 16.9 Å². The van der Waals surface area contributed by atoms with Gasteiger partial charge in [0.25, 0.3) is 0 Å². The lowest BCUT2D eigenvalue weighted by atomic mass is 9.71. The van der Waals surface area contributed by atoms with Gasteiger partial charge in [0.05, 0.1) is 35.4 Å². The van der Waals surface area contributed by atoms with E-state index in [1.54, 1.807) is 0 Å². The van der Waals surface area contributed by atoms with Gasteiger partial charge in [-0.3, -0.25) is 4.79 Å². The lowest BCUT2D eigenvalue weighted by molar-refractivity contribution is -0.131. The highest BCUT2D eigenvalue weighted by molar-refractivity contribution is 6.17. The van der Waals surface area contributed by atoms with Crippen LogP contribution in [-0.4, -0.2) is 19.4 Å². The van der Waals surface area contributed by atoms with Crippen molar-refractivity contribution in [1.29, 1.82) is 0 Å². The van der Waals surface area contributed by atoms with Crippen molar-refractivity contribution < 1.29 is 19.1 Å². The van der Waals surface area contributed by atoms with Crippen LogP contribution in [0.25, 0.3) is 33.1 Å². The number of fused-ring (bicyclic) bond motifs is 8. The summed E-state index contributed by atoms with van der Waals surface area (Å²) in [5.74, 6) is -0.137. The van der Waals surface area contributed by atoms with Gasteiger partial charge in [-0.05, 0) is 104 Å². The Morgan fingerprint density at radius 2 is 1.05 bits per heavy atom. The van der Waals surface area contributed by atoms with Crippen LogP contribution in [-0.2, 0) is 29.9 Å². The Labute approximate surface area is 366 Å². The molecule has 8 aromatic rings. The van der Waals surface area contributed by atoms with Crippen LogP contribution in [0.2, 0.25) is 0 Å². The summed E-state index contributed by atoms with van der Waals surface area (Å²) in [6.45, 7) is 9.11. The smallest absolute Gasteiger partial charge is 0.348 e. The topological polar surface area (TPSA) is 59.1 Å². The average molecular weight is 821 g/mol. The molecule has 0 N–H and O–H groups in total.